The first-order chi connectivity index (χ1) is 8.76. The minimum Gasteiger partial charge on any atom is -0.491 e. The first-order valence-electron chi connectivity index (χ1n) is 6.06. The molecule has 0 amide bonds. The van der Waals surface area contributed by atoms with Gasteiger partial charge in [-0.3, -0.25) is 4.79 Å². The van der Waals surface area contributed by atoms with Crippen LogP contribution < -0.4 is 4.74 Å². The van der Waals surface area contributed by atoms with Crippen LogP contribution in [0.15, 0.2) is 36.7 Å². The van der Waals surface area contributed by atoms with E-state index in [1.165, 1.54) is 0 Å². The zero-order valence-electron chi connectivity index (χ0n) is 10.6. The molecule has 0 fully saturated rings. The van der Waals surface area contributed by atoms with Gasteiger partial charge in [0.05, 0.1) is 24.7 Å². The summed E-state index contributed by atoms with van der Waals surface area (Å²) in [6.07, 6.45) is 3.92. The number of rotatable bonds is 5. The van der Waals surface area contributed by atoms with E-state index in [1.54, 1.807) is 17.1 Å². The van der Waals surface area contributed by atoms with Gasteiger partial charge in [-0.2, -0.15) is 5.10 Å². The summed E-state index contributed by atoms with van der Waals surface area (Å²) >= 11 is 0. The van der Waals surface area contributed by atoms with Crippen molar-refractivity contribution in [1.29, 1.82) is 0 Å². The van der Waals surface area contributed by atoms with Crippen molar-refractivity contribution in [1.82, 2.24) is 9.78 Å². The van der Waals surface area contributed by atoms with E-state index < -0.39 is 0 Å². The van der Waals surface area contributed by atoms with E-state index >= 15 is 0 Å². The topological polar surface area (TPSA) is 44.1 Å². The van der Waals surface area contributed by atoms with E-state index in [0.29, 0.717) is 24.3 Å². The number of hydrogen-bond donors (Lipinski definition) is 0. The molecule has 1 aromatic heterocycles. The number of para-hydroxylation sites is 1. The van der Waals surface area contributed by atoms with Crippen molar-refractivity contribution in [2.24, 2.45) is 0 Å². The van der Waals surface area contributed by atoms with Crippen LogP contribution >= 0.6 is 0 Å². The number of nitrogens with zero attached hydrogens (tertiary/aromatic N) is 2. The molecule has 0 spiro atoms. The van der Waals surface area contributed by atoms with Crippen LogP contribution in [0.3, 0.4) is 0 Å². The van der Waals surface area contributed by atoms with Crippen molar-refractivity contribution in [3.05, 3.63) is 42.2 Å². The average molecular weight is 244 g/mol. The summed E-state index contributed by atoms with van der Waals surface area (Å²) in [5.41, 5.74) is 1.47. The molecule has 0 N–H and O–H groups in total. The Morgan fingerprint density at radius 2 is 2.11 bits per heavy atom. The smallest absolute Gasteiger partial charge is 0.164 e. The zero-order chi connectivity index (χ0) is 13.0. The highest BCUT2D eigenvalue weighted by molar-refractivity contribution is 5.99. The predicted molar refractivity (Wildman–Crippen MR) is 69.4 cm³/mol. The van der Waals surface area contributed by atoms with Gasteiger partial charge in [0.2, 0.25) is 0 Å². The second-order valence-electron chi connectivity index (χ2n) is 3.85. The number of ketones is 1. The van der Waals surface area contributed by atoms with E-state index in [0.717, 1.165) is 5.69 Å². The molecule has 1 heterocycles. The highest BCUT2D eigenvalue weighted by atomic mass is 16.5. The van der Waals surface area contributed by atoms with Crippen molar-refractivity contribution >= 4 is 5.78 Å². The van der Waals surface area contributed by atoms with Gasteiger partial charge in [-0.05, 0) is 19.1 Å². The first kappa shape index (κ1) is 12.4. The van der Waals surface area contributed by atoms with Gasteiger partial charge in [0, 0.05) is 12.0 Å². The zero-order valence-corrected chi connectivity index (χ0v) is 10.6. The lowest BCUT2D eigenvalue weighted by molar-refractivity contribution is 0.0988. The Kier molecular flexibility index (Phi) is 3.77. The van der Waals surface area contributed by atoms with Crippen LogP contribution in [0.4, 0.5) is 0 Å². The summed E-state index contributed by atoms with van der Waals surface area (Å²) in [6.45, 7) is 4.38. The second kappa shape index (κ2) is 5.49. The Labute approximate surface area is 106 Å². The largest absolute Gasteiger partial charge is 0.491 e. The van der Waals surface area contributed by atoms with Crippen LogP contribution in [0.5, 0.6) is 5.75 Å². The number of benzene rings is 1. The number of ether oxygens (including phenoxy) is 1. The molecule has 94 valence electrons. The molecule has 0 saturated carbocycles. The van der Waals surface area contributed by atoms with Crippen molar-refractivity contribution in [3.63, 3.8) is 0 Å². The Bertz CT molecular complexity index is 546. The number of carbonyl (C=O) groups is 1. The lowest BCUT2D eigenvalue weighted by Gasteiger charge is -2.07. The maximum atomic E-state index is 11.9. The number of hydrogen-bond acceptors (Lipinski definition) is 3. The first-order valence-corrected chi connectivity index (χ1v) is 6.06. The number of carbonyl (C=O) groups excluding carboxylic acids is 1. The van der Waals surface area contributed by atoms with E-state index in [1.807, 2.05) is 38.1 Å². The number of Topliss-reactive ketones (excluding diaryl/α,β-unsaturated/α-hetero) is 1. The lowest BCUT2D eigenvalue weighted by atomic mass is 10.1. The summed E-state index contributed by atoms with van der Waals surface area (Å²) < 4.78 is 7.04. The fourth-order valence-electron chi connectivity index (χ4n) is 1.78. The van der Waals surface area contributed by atoms with Gasteiger partial charge in [-0.15, -0.1) is 0 Å². The minimum absolute atomic E-state index is 0.110. The molecule has 0 saturated heterocycles. The van der Waals surface area contributed by atoms with Crippen LogP contribution in [0.2, 0.25) is 0 Å². The summed E-state index contributed by atoms with van der Waals surface area (Å²) in [6, 6.07) is 7.46. The molecular formula is C14H16N2O2. The normalized spacial score (nSPS) is 10.3. The molecular weight excluding hydrogens is 228 g/mol. The standard InChI is InChI=1S/C14H16N2O2/c1-3-14(17)12-7-5-6-8-13(12)16-10-11(9-15-16)18-4-2/h5-10H,3-4H2,1-2H3. The van der Waals surface area contributed by atoms with Gasteiger partial charge in [0.15, 0.2) is 11.5 Å². The molecule has 4 nitrogen and oxygen atoms in total. The molecule has 1 aromatic carbocycles. The summed E-state index contributed by atoms with van der Waals surface area (Å²) in [7, 11) is 0. The molecule has 0 radical (unpaired) electrons. The summed E-state index contributed by atoms with van der Waals surface area (Å²) in [5.74, 6) is 0.815. The van der Waals surface area contributed by atoms with Crippen LogP contribution in [-0.2, 0) is 0 Å². The predicted octanol–water partition coefficient (Wildman–Crippen LogP) is 2.86. The Morgan fingerprint density at radius 1 is 1.33 bits per heavy atom. The highest BCUT2D eigenvalue weighted by Crippen LogP contribution is 2.18. The quantitative estimate of drug-likeness (QED) is 0.760. The lowest BCUT2D eigenvalue weighted by Crippen LogP contribution is -2.05. The van der Waals surface area contributed by atoms with Gasteiger partial charge in [0.1, 0.15) is 0 Å². The molecule has 0 aliphatic heterocycles. The van der Waals surface area contributed by atoms with Crippen molar-refractivity contribution in [2.45, 2.75) is 20.3 Å². The Balaban J connectivity index is 2.40. The SMILES string of the molecule is CCOc1cnn(-c2ccccc2C(=O)CC)c1. The maximum Gasteiger partial charge on any atom is 0.164 e. The average Bonchev–Trinajstić information content (AvgIpc) is 2.87. The summed E-state index contributed by atoms with van der Waals surface area (Å²) in [4.78, 5) is 11.9. The van der Waals surface area contributed by atoms with E-state index in [9.17, 15) is 4.79 Å². The molecule has 0 atom stereocenters. The molecule has 18 heavy (non-hydrogen) atoms. The van der Waals surface area contributed by atoms with E-state index in [-0.39, 0.29) is 5.78 Å². The van der Waals surface area contributed by atoms with Crippen LogP contribution in [0.1, 0.15) is 30.6 Å². The van der Waals surface area contributed by atoms with Crippen molar-refractivity contribution in [2.75, 3.05) is 6.61 Å². The van der Waals surface area contributed by atoms with Gasteiger partial charge >= 0.3 is 0 Å². The monoisotopic (exact) mass is 244 g/mol. The van der Waals surface area contributed by atoms with Crippen LogP contribution in [0.25, 0.3) is 5.69 Å². The third-order valence-electron chi connectivity index (χ3n) is 2.64. The number of aromatic nitrogens is 2. The van der Waals surface area contributed by atoms with Crippen molar-refractivity contribution < 1.29 is 9.53 Å². The Hall–Kier alpha value is -2.10. The van der Waals surface area contributed by atoms with Crippen LogP contribution in [-0.4, -0.2) is 22.2 Å². The molecule has 0 aliphatic rings. The third kappa shape index (κ3) is 2.42. The molecule has 0 unspecified atom stereocenters. The fraction of sp³-hybridized carbons (Fsp3) is 0.286. The molecule has 0 aliphatic carbocycles. The molecule has 0 bridgehead atoms. The highest BCUT2D eigenvalue weighted by Gasteiger charge is 2.11. The maximum absolute atomic E-state index is 11.9. The van der Waals surface area contributed by atoms with Gasteiger partial charge < -0.3 is 4.74 Å². The van der Waals surface area contributed by atoms with Crippen molar-refractivity contribution in [3.8, 4) is 11.4 Å². The third-order valence-corrected chi connectivity index (χ3v) is 2.64. The summed E-state index contributed by atoms with van der Waals surface area (Å²) in [5, 5.41) is 4.22. The fourth-order valence-corrected chi connectivity index (χ4v) is 1.78. The van der Waals surface area contributed by atoms with Gasteiger partial charge in [-0.1, -0.05) is 19.1 Å². The van der Waals surface area contributed by atoms with Gasteiger partial charge in [-0.25, -0.2) is 4.68 Å². The van der Waals surface area contributed by atoms with Crippen LogP contribution in [0, 0.1) is 0 Å². The van der Waals surface area contributed by atoms with E-state index in [4.69, 9.17) is 4.74 Å². The Morgan fingerprint density at radius 3 is 2.83 bits per heavy atom. The van der Waals surface area contributed by atoms with E-state index in [2.05, 4.69) is 5.10 Å². The van der Waals surface area contributed by atoms with Gasteiger partial charge in [0.25, 0.3) is 0 Å². The molecule has 2 aromatic rings. The molecule has 4 heteroatoms. The molecule has 2 rings (SSSR count). The second-order valence-corrected chi connectivity index (χ2v) is 3.85. The minimum atomic E-state index is 0.110.